The number of halogens is 2. The first kappa shape index (κ1) is 15.5. The van der Waals surface area contributed by atoms with Crippen LogP contribution in [-0.2, 0) is 0 Å². The Bertz CT molecular complexity index is 695. The zero-order chi connectivity index (χ0) is 15.6. The van der Waals surface area contributed by atoms with Crippen LogP contribution in [0.25, 0.3) is 0 Å². The summed E-state index contributed by atoms with van der Waals surface area (Å²) in [6, 6.07) is 8.25. The summed E-state index contributed by atoms with van der Waals surface area (Å²) in [7, 11) is 0. The molecule has 0 aromatic heterocycles. The lowest BCUT2D eigenvalue weighted by molar-refractivity contribution is 0.0918. The van der Waals surface area contributed by atoms with E-state index in [-0.39, 0.29) is 23.2 Å². The molecular formula is C17H16ClFO2. The molecule has 2 nitrogen and oxygen atoms in total. The first-order valence-electron chi connectivity index (χ1n) is 6.58. The van der Waals surface area contributed by atoms with E-state index in [1.54, 1.807) is 6.07 Å². The largest absolute Gasteiger partial charge is 0.482 e. The van der Waals surface area contributed by atoms with E-state index in [0.717, 1.165) is 16.7 Å². The summed E-state index contributed by atoms with van der Waals surface area (Å²) < 4.78 is 18.9. The minimum absolute atomic E-state index is 0.0164. The third-order valence-electron chi connectivity index (χ3n) is 3.42. The first-order chi connectivity index (χ1) is 9.90. The van der Waals surface area contributed by atoms with Crippen molar-refractivity contribution in [3.63, 3.8) is 0 Å². The van der Waals surface area contributed by atoms with Crippen molar-refractivity contribution < 1.29 is 13.9 Å². The van der Waals surface area contributed by atoms with E-state index in [4.69, 9.17) is 16.3 Å². The minimum atomic E-state index is -0.649. The van der Waals surface area contributed by atoms with Gasteiger partial charge in [-0.2, -0.15) is 0 Å². The van der Waals surface area contributed by atoms with E-state index < -0.39 is 5.82 Å². The van der Waals surface area contributed by atoms with Gasteiger partial charge in [0.2, 0.25) is 0 Å². The molecule has 110 valence electrons. The van der Waals surface area contributed by atoms with Crippen molar-refractivity contribution in [3.8, 4) is 5.75 Å². The van der Waals surface area contributed by atoms with Crippen LogP contribution in [0.3, 0.4) is 0 Å². The summed E-state index contributed by atoms with van der Waals surface area (Å²) in [6.07, 6.45) is 0. The number of benzene rings is 2. The molecule has 2 rings (SSSR count). The lowest BCUT2D eigenvalue weighted by Gasteiger charge is -2.11. The number of carbonyl (C=O) groups excluding carboxylic acids is 1. The summed E-state index contributed by atoms with van der Waals surface area (Å²) >= 11 is 5.67. The van der Waals surface area contributed by atoms with Crippen LogP contribution in [-0.4, -0.2) is 12.4 Å². The van der Waals surface area contributed by atoms with Crippen LogP contribution < -0.4 is 4.74 Å². The van der Waals surface area contributed by atoms with E-state index in [1.807, 2.05) is 32.9 Å². The second kappa shape index (κ2) is 6.27. The maximum Gasteiger partial charge on any atom is 0.200 e. The van der Waals surface area contributed by atoms with Crippen molar-refractivity contribution in [1.29, 1.82) is 0 Å². The molecule has 0 saturated carbocycles. The van der Waals surface area contributed by atoms with Gasteiger partial charge in [-0.05, 0) is 55.7 Å². The molecule has 0 saturated heterocycles. The molecule has 2 aromatic carbocycles. The molecule has 0 atom stereocenters. The highest BCUT2D eigenvalue weighted by Crippen LogP contribution is 2.24. The molecule has 0 fully saturated rings. The predicted molar refractivity (Wildman–Crippen MR) is 81.9 cm³/mol. The lowest BCUT2D eigenvalue weighted by Crippen LogP contribution is -2.14. The maximum absolute atomic E-state index is 13.7. The number of Topliss-reactive ketones (excluding diaryl/α,β-unsaturated/α-hetero) is 1. The molecule has 2 aromatic rings. The highest BCUT2D eigenvalue weighted by atomic mass is 35.5. The molecule has 0 bridgehead atoms. The van der Waals surface area contributed by atoms with Gasteiger partial charge < -0.3 is 4.74 Å². The van der Waals surface area contributed by atoms with Crippen molar-refractivity contribution in [1.82, 2.24) is 0 Å². The van der Waals surface area contributed by atoms with Gasteiger partial charge in [-0.1, -0.05) is 23.7 Å². The quantitative estimate of drug-likeness (QED) is 0.768. The minimum Gasteiger partial charge on any atom is -0.482 e. The summed E-state index contributed by atoms with van der Waals surface area (Å²) in [5.41, 5.74) is 3.66. The summed E-state index contributed by atoms with van der Waals surface area (Å²) in [5, 5.41) is -0.0256. The van der Waals surface area contributed by atoms with Crippen LogP contribution in [0, 0.1) is 26.6 Å². The molecule has 21 heavy (non-hydrogen) atoms. The van der Waals surface area contributed by atoms with E-state index in [2.05, 4.69) is 0 Å². The molecule has 0 spiro atoms. The van der Waals surface area contributed by atoms with Gasteiger partial charge in [0.1, 0.15) is 0 Å². The Morgan fingerprint density at radius 3 is 2.52 bits per heavy atom. The lowest BCUT2D eigenvalue weighted by atomic mass is 9.98. The molecule has 4 heteroatoms. The highest BCUT2D eigenvalue weighted by molar-refractivity contribution is 6.30. The van der Waals surface area contributed by atoms with Gasteiger partial charge in [-0.25, -0.2) is 4.39 Å². The Hall–Kier alpha value is -1.87. The van der Waals surface area contributed by atoms with Crippen LogP contribution in [0.15, 0.2) is 30.3 Å². The standard InChI is InChI=1S/C17H16ClFO2/c1-10-7-12(3)13(8-11(10)2)15(20)9-21-16-6-4-5-14(18)17(16)19/h4-8H,9H2,1-3H3. The Kier molecular flexibility index (Phi) is 4.63. The van der Waals surface area contributed by atoms with E-state index in [9.17, 15) is 9.18 Å². The molecule has 0 aliphatic rings. The fourth-order valence-corrected chi connectivity index (χ4v) is 2.24. The van der Waals surface area contributed by atoms with E-state index in [1.165, 1.54) is 12.1 Å². The summed E-state index contributed by atoms with van der Waals surface area (Å²) in [4.78, 5) is 12.2. The maximum atomic E-state index is 13.7. The number of hydrogen-bond donors (Lipinski definition) is 0. The van der Waals surface area contributed by atoms with Crippen LogP contribution in [0.4, 0.5) is 4.39 Å². The van der Waals surface area contributed by atoms with Gasteiger partial charge >= 0.3 is 0 Å². The summed E-state index contributed by atoms with van der Waals surface area (Å²) in [5.74, 6) is -0.851. The smallest absolute Gasteiger partial charge is 0.200 e. The first-order valence-corrected chi connectivity index (χ1v) is 6.96. The predicted octanol–water partition coefficient (Wildman–Crippen LogP) is 4.67. The molecule has 0 amide bonds. The second-order valence-corrected chi connectivity index (χ2v) is 5.42. The third kappa shape index (κ3) is 3.42. The molecule has 0 radical (unpaired) electrons. The van der Waals surface area contributed by atoms with Gasteiger partial charge in [-0.3, -0.25) is 4.79 Å². The fourth-order valence-electron chi connectivity index (χ4n) is 2.08. The Labute approximate surface area is 128 Å². The van der Waals surface area contributed by atoms with Crippen molar-refractivity contribution in [2.75, 3.05) is 6.61 Å². The second-order valence-electron chi connectivity index (χ2n) is 5.02. The van der Waals surface area contributed by atoms with Crippen molar-refractivity contribution in [2.24, 2.45) is 0 Å². The van der Waals surface area contributed by atoms with Crippen LogP contribution >= 0.6 is 11.6 Å². The molecule has 0 heterocycles. The van der Waals surface area contributed by atoms with Gasteiger partial charge in [-0.15, -0.1) is 0 Å². The van der Waals surface area contributed by atoms with E-state index >= 15 is 0 Å². The number of ketones is 1. The van der Waals surface area contributed by atoms with Crippen LogP contribution in [0.1, 0.15) is 27.0 Å². The number of rotatable bonds is 4. The van der Waals surface area contributed by atoms with Gasteiger partial charge in [0.25, 0.3) is 0 Å². The molecule has 0 N–H and O–H groups in total. The molecule has 0 unspecified atom stereocenters. The topological polar surface area (TPSA) is 26.3 Å². The average Bonchev–Trinajstić information content (AvgIpc) is 2.44. The molecule has 0 aliphatic heterocycles. The van der Waals surface area contributed by atoms with Gasteiger partial charge in [0.05, 0.1) is 5.02 Å². The monoisotopic (exact) mass is 306 g/mol. The molecule has 0 aliphatic carbocycles. The zero-order valence-electron chi connectivity index (χ0n) is 12.2. The third-order valence-corrected chi connectivity index (χ3v) is 3.71. The molecular weight excluding hydrogens is 291 g/mol. The number of carbonyl (C=O) groups is 1. The SMILES string of the molecule is Cc1cc(C)c(C(=O)COc2cccc(Cl)c2F)cc1C. The summed E-state index contributed by atoms with van der Waals surface area (Å²) in [6.45, 7) is 5.59. The van der Waals surface area contributed by atoms with Gasteiger partial charge in [0, 0.05) is 5.56 Å². The highest BCUT2D eigenvalue weighted by Gasteiger charge is 2.14. The Balaban J connectivity index is 2.16. The zero-order valence-corrected chi connectivity index (χ0v) is 12.9. The van der Waals surface area contributed by atoms with Crippen molar-refractivity contribution in [3.05, 3.63) is 63.4 Å². The Morgan fingerprint density at radius 2 is 1.81 bits per heavy atom. The van der Waals surface area contributed by atoms with Crippen LogP contribution in [0.5, 0.6) is 5.75 Å². The normalized spacial score (nSPS) is 10.5. The van der Waals surface area contributed by atoms with E-state index in [0.29, 0.717) is 5.56 Å². The number of aryl methyl sites for hydroxylation is 3. The van der Waals surface area contributed by atoms with Gasteiger partial charge in [0.15, 0.2) is 24.0 Å². The number of hydrogen-bond acceptors (Lipinski definition) is 2. The Morgan fingerprint density at radius 1 is 1.14 bits per heavy atom. The van der Waals surface area contributed by atoms with Crippen molar-refractivity contribution in [2.45, 2.75) is 20.8 Å². The van der Waals surface area contributed by atoms with Crippen LogP contribution in [0.2, 0.25) is 5.02 Å². The average molecular weight is 307 g/mol. The number of ether oxygens (including phenoxy) is 1. The van der Waals surface area contributed by atoms with Crippen molar-refractivity contribution >= 4 is 17.4 Å². The fraction of sp³-hybridized carbons (Fsp3) is 0.235.